The van der Waals surface area contributed by atoms with Gasteiger partial charge in [-0.2, -0.15) is 0 Å². The third-order valence-electron chi connectivity index (χ3n) is 2.16. The second-order valence-electron chi connectivity index (χ2n) is 2.91. The Kier molecular flexibility index (Phi) is 3.27. The van der Waals surface area contributed by atoms with E-state index in [4.69, 9.17) is 0 Å². The van der Waals surface area contributed by atoms with Gasteiger partial charge in [0, 0.05) is 5.33 Å². The SMILES string of the molecule is Cc1ccc(F)c(CCBr)c1C. The van der Waals surface area contributed by atoms with E-state index >= 15 is 0 Å². The van der Waals surface area contributed by atoms with Crippen molar-refractivity contribution in [2.75, 3.05) is 5.33 Å². The van der Waals surface area contributed by atoms with Gasteiger partial charge in [0.1, 0.15) is 5.82 Å². The van der Waals surface area contributed by atoms with Crippen molar-refractivity contribution in [1.29, 1.82) is 0 Å². The summed E-state index contributed by atoms with van der Waals surface area (Å²) in [6, 6.07) is 3.36. The highest BCUT2D eigenvalue weighted by Crippen LogP contribution is 2.17. The van der Waals surface area contributed by atoms with Gasteiger partial charge in [0.25, 0.3) is 0 Å². The average Bonchev–Trinajstić information content (AvgIpc) is 2.06. The van der Waals surface area contributed by atoms with E-state index in [1.54, 1.807) is 6.07 Å². The van der Waals surface area contributed by atoms with Crippen LogP contribution in [0.3, 0.4) is 0 Å². The highest BCUT2D eigenvalue weighted by Gasteiger charge is 2.06. The zero-order valence-electron chi connectivity index (χ0n) is 7.32. The predicted molar refractivity (Wildman–Crippen MR) is 53.4 cm³/mol. The lowest BCUT2D eigenvalue weighted by molar-refractivity contribution is 0.610. The molecule has 2 heteroatoms. The van der Waals surface area contributed by atoms with Gasteiger partial charge in [-0.15, -0.1) is 0 Å². The van der Waals surface area contributed by atoms with Crippen LogP contribution in [0.1, 0.15) is 16.7 Å². The molecule has 0 aliphatic heterocycles. The largest absolute Gasteiger partial charge is 0.207 e. The summed E-state index contributed by atoms with van der Waals surface area (Å²) in [5.41, 5.74) is 3.08. The fraction of sp³-hybridized carbons (Fsp3) is 0.400. The lowest BCUT2D eigenvalue weighted by Crippen LogP contribution is -1.97. The van der Waals surface area contributed by atoms with Crippen LogP contribution in [-0.2, 0) is 6.42 Å². The normalized spacial score (nSPS) is 10.3. The molecule has 0 nitrogen and oxygen atoms in total. The van der Waals surface area contributed by atoms with Crippen molar-refractivity contribution in [2.24, 2.45) is 0 Å². The molecule has 0 atom stereocenters. The number of halogens is 2. The second kappa shape index (κ2) is 4.04. The third-order valence-corrected chi connectivity index (χ3v) is 2.55. The van der Waals surface area contributed by atoms with Gasteiger partial charge in [-0.25, -0.2) is 4.39 Å². The van der Waals surface area contributed by atoms with Gasteiger partial charge >= 0.3 is 0 Å². The van der Waals surface area contributed by atoms with Crippen molar-refractivity contribution < 1.29 is 4.39 Å². The van der Waals surface area contributed by atoms with Gasteiger partial charge in [-0.3, -0.25) is 0 Å². The van der Waals surface area contributed by atoms with Gasteiger partial charge in [0.15, 0.2) is 0 Å². The summed E-state index contributed by atoms with van der Waals surface area (Å²) in [4.78, 5) is 0. The topological polar surface area (TPSA) is 0 Å². The summed E-state index contributed by atoms with van der Waals surface area (Å²) in [6.07, 6.45) is 0.763. The van der Waals surface area contributed by atoms with E-state index in [0.717, 1.165) is 28.4 Å². The molecule has 0 aromatic heterocycles. The highest BCUT2D eigenvalue weighted by atomic mass is 79.9. The zero-order valence-corrected chi connectivity index (χ0v) is 8.91. The van der Waals surface area contributed by atoms with Crippen LogP contribution in [0.4, 0.5) is 4.39 Å². The molecule has 0 saturated carbocycles. The molecule has 0 aliphatic carbocycles. The summed E-state index contributed by atoms with van der Waals surface area (Å²) >= 11 is 3.31. The van der Waals surface area contributed by atoms with Crippen LogP contribution in [0.15, 0.2) is 12.1 Å². The van der Waals surface area contributed by atoms with Crippen LogP contribution in [-0.4, -0.2) is 5.33 Å². The summed E-state index contributed by atoms with van der Waals surface area (Å²) in [5, 5.41) is 0.814. The summed E-state index contributed by atoms with van der Waals surface area (Å²) < 4.78 is 13.2. The molecule has 1 rings (SSSR count). The van der Waals surface area contributed by atoms with Crippen LogP contribution in [0.25, 0.3) is 0 Å². The second-order valence-corrected chi connectivity index (χ2v) is 3.70. The zero-order chi connectivity index (χ0) is 9.14. The smallest absolute Gasteiger partial charge is 0.126 e. The van der Waals surface area contributed by atoms with Crippen molar-refractivity contribution >= 4 is 15.9 Å². The minimum absolute atomic E-state index is 0.0856. The third kappa shape index (κ3) is 1.86. The number of alkyl halides is 1. The van der Waals surface area contributed by atoms with Crippen molar-refractivity contribution in [3.8, 4) is 0 Å². The van der Waals surface area contributed by atoms with Crippen LogP contribution in [0, 0.1) is 19.7 Å². The van der Waals surface area contributed by atoms with Crippen molar-refractivity contribution in [2.45, 2.75) is 20.3 Å². The molecule has 66 valence electrons. The Morgan fingerprint density at radius 2 is 2.00 bits per heavy atom. The molecule has 0 spiro atoms. The Bertz CT molecular complexity index is 281. The fourth-order valence-electron chi connectivity index (χ4n) is 1.24. The molecule has 0 radical (unpaired) electrons. The number of rotatable bonds is 2. The number of aryl methyl sites for hydroxylation is 1. The molecule has 0 bridgehead atoms. The maximum absolute atomic E-state index is 13.2. The first-order chi connectivity index (χ1) is 5.66. The Hall–Kier alpha value is -0.370. The van der Waals surface area contributed by atoms with Gasteiger partial charge in [0.2, 0.25) is 0 Å². The molecule has 12 heavy (non-hydrogen) atoms. The van der Waals surface area contributed by atoms with Gasteiger partial charge in [0.05, 0.1) is 0 Å². The van der Waals surface area contributed by atoms with Crippen LogP contribution in [0.2, 0.25) is 0 Å². The van der Waals surface area contributed by atoms with Crippen LogP contribution >= 0.6 is 15.9 Å². The maximum Gasteiger partial charge on any atom is 0.126 e. The Balaban J connectivity index is 3.14. The first-order valence-electron chi connectivity index (χ1n) is 3.97. The number of hydrogen-bond acceptors (Lipinski definition) is 0. The minimum Gasteiger partial charge on any atom is -0.207 e. The lowest BCUT2D eigenvalue weighted by Gasteiger charge is -2.07. The number of hydrogen-bond donors (Lipinski definition) is 0. The standard InChI is InChI=1S/C10H12BrF/c1-7-3-4-10(12)9(5-6-11)8(7)2/h3-4H,5-6H2,1-2H3. The Labute approximate surface area is 80.9 Å². The van der Waals surface area contributed by atoms with E-state index < -0.39 is 0 Å². The van der Waals surface area contributed by atoms with Crippen LogP contribution < -0.4 is 0 Å². The predicted octanol–water partition coefficient (Wildman–Crippen LogP) is 3.38. The summed E-state index contributed by atoms with van der Waals surface area (Å²) in [5.74, 6) is -0.0856. The summed E-state index contributed by atoms with van der Waals surface area (Å²) in [7, 11) is 0. The van der Waals surface area contributed by atoms with E-state index in [1.165, 1.54) is 0 Å². The Morgan fingerprint density at radius 3 is 2.58 bits per heavy atom. The van der Waals surface area contributed by atoms with Crippen molar-refractivity contribution in [3.05, 3.63) is 34.6 Å². The molecule has 0 heterocycles. The van der Waals surface area contributed by atoms with Gasteiger partial charge in [-0.1, -0.05) is 22.0 Å². The number of benzene rings is 1. The summed E-state index contributed by atoms with van der Waals surface area (Å²) in [6.45, 7) is 3.98. The average molecular weight is 231 g/mol. The fourth-order valence-corrected chi connectivity index (χ4v) is 1.64. The van der Waals surface area contributed by atoms with Gasteiger partial charge < -0.3 is 0 Å². The Morgan fingerprint density at radius 1 is 1.33 bits per heavy atom. The molecule has 1 aromatic rings. The van der Waals surface area contributed by atoms with Crippen LogP contribution in [0.5, 0.6) is 0 Å². The van der Waals surface area contributed by atoms with E-state index in [1.807, 2.05) is 19.9 Å². The van der Waals surface area contributed by atoms with Crippen molar-refractivity contribution in [3.63, 3.8) is 0 Å². The highest BCUT2D eigenvalue weighted by molar-refractivity contribution is 9.09. The van der Waals surface area contributed by atoms with E-state index in [0.29, 0.717) is 0 Å². The van der Waals surface area contributed by atoms with Gasteiger partial charge in [-0.05, 0) is 43.0 Å². The molecular weight excluding hydrogens is 219 g/mol. The van der Waals surface area contributed by atoms with E-state index in [2.05, 4.69) is 15.9 Å². The molecule has 1 aromatic carbocycles. The lowest BCUT2D eigenvalue weighted by atomic mass is 10.0. The quantitative estimate of drug-likeness (QED) is 0.684. The van der Waals surface area contributed by atoms with Crippen molar-refractivity contribution in [1.82, 2.24) is 0 Å². The maximum atomic E-state index is 13.2. The minimum atomic E-state index is -0.0856. The monoisotopic (exact) mass is 230 g/mol. The van der Waals surface area contributed by atoms with E-state index in [-0.39, 0.29) is 5.82 Å². The molecule has 0 amide bonds. The first kappa shape index (κ1) is 9.72. The molecule has 0 fully saturated rings. The molecule has 0 N–H and O–H groups in total. The molecular formula is C10H12BrF. The molecule has 0 aliphatic rings. The van der Waals surface area contributed by atoms with E-state index in [9.17, 15) is 4.39 Å². The molecule has 0 unspecified atom stereocenters. The first-order valence-corrected chi connectivity index (χ1v) is 5.09. The molecule has 0 saturated heterocycles.